The van der Waals surface area contributed by atoms with E-state index in [2.05, 4.69) is 10.6 Å². The average Bonchev–Trinajstić information content (AvgIpc) is 2.43. The van der Waals surface area contributed by atoms with Gasteiger partial charge in [0.15, 0.2) is 0 Å². The predicted molar refractivity (Wildman–Crippen MR) is 83.1 cm³/mol. The molecule has 0 saturated carbocycles. The Morgan fingerprint density at radius 3 is 1.68 bits per heavy atom. The first-order chi connectivity index (χ1) is 10.6. The number of carbonyl (C=O) groups is 2. The van der Waals surface area contributed by atoms with E-state index < -0.39 is 11.9 Å². The molecule has 0 unspecified atom stereocenters. The quantitative estimate of drug-likeness (QED) is 0.509. The molecule has 128 valence electrons. The Balaban J connectivity index is 2.41. The van der Waals surface area contributed by atoms with Crippen LogP contribution in [0.4, 0.5) is 0 Å². The summed E-state index contributed by atoms with van der Waals surface area (Å²) in [7, 11) is 0. The van der Waals surface area contributed by atoms with Crippen LogP contribution in [-0.2, 0) is 9.59 Å². The fourth-order valence-electron chi connectivity index (χ4n) is 2.47. The van der Waals surface area contributed by atoms with E-state index in [1.807, 2.05) is 9.80 Å². The molecule has 1 rings (SSSR count). The van der Waals surface area contributed by atoms with Gasteiger partial charge in [0.1, 0.15) is 0 Å². The molecule has 4 N–H and O–H groups in total. The molecule has 1 saturated heterocycles. The minimum absolute atomic E-state index is 0.0501. The molecule has 1 aliphatic rings. The van der Waals surface area contributed by atoms with Crippen LogP contribution in [0, 0.1) is 0 Å². The van der Waals surface area contributed by atoms with Gasteiger partial charge in [-0.1, -0.05) is 0 Å². The van der Waals surface area contributed by atoms with Gasteiger partial charge in [-0.25, -0.2) is 0 Å². The van der Waals surface area contributed by atoms with Crippen LogP contribution in [0.15, 0.2) is 0 Å². The highest BCUT2D eigenvalue weighted by atomic mass is 16.4. The predicted octanol–water partition coefficient (Wildman–Crippen LogP) is -1.27. The topological polar surface area (TPSA) is 105 Å². The smallest absolute Gasteiger partial charge is 0.317 e. The van der Waals surface area contributed by atoms with Gasteiger partial charge in [0.2, 0.25) is 0 Å². The summed E-state index contributed by atoms with van der Waals surface area (Å²) in [6.45, 7) is 6.06. The van der Waals surface area contributed by atoms with E-state index in [0.717, 1.165) is 39.0 Å². The van der Waals surface area contributed by atoms with Crippen LogP contribution in [0.3, 0.4) is 0 Å². The van der Waals surface area contributed by atoms with Gasteiger partial charge >= 0.3 is 11.9 Å². The monoisotopic (exact) mass is 316 g/mol. The van der Waals surface area contributed by atoms with Crippen molar-refractivity contribution in [3.63, 3.8) is 0 Å². The van der Waals surface area contributed by atoms with Crippen LogP contribution in [0.1, 0.15) is 12.8 Å². The van der Waals surface area contributed by atoms with E-state index in [-0.39, 0.29) is 13.1 Å². The summed E-state index contributed by atoms with van der Waals surface area (Å²) in [5.74, 6) is -1.61. The van der Waals surface area contributed by atoms with E-state index in [1.54, 1.807) is 0 Å². The lowest BCUT2D eigenvalue weighted by molar-refractivity contribution is -0.139. The SMILES string of the molecule is O=C(O)CN1CCCCNCCN(CC(=O)O)CCNCC1. The molecule has 1 aliphatic heterocycles. The van der Waals surface area contributed by atoms with Gasteiger partial charge in [0.25, 0.3) is 0 Å². The second-order valence-electron chi connectivity index (χ2n) is 5.55. The zero-order valence-electron chi connectivity index (χ0n) is 13.1. The summed E-state index contributed by atoms with van der Waals surface area (Å²) in [6.07, 6.45) is 1.95. The molecule has 0 aromatic carbocycles. The second kappa shape index (κ2) is 11.4. The molecule has 0 aromatic heterocycles. The first-order valence-corrected chi connectivity index (χ1v) is 7.87. The molecule has 0 aliphatic carbocycles. The third kappa shape index (κ3) is 9.67. The van der Waals surface area contributed by atoms with Crippen LogP contribution in [0.25, 0.3) is 0 Å². The molecule has 0 spiro atoms. The number of hydrogen-bond donors (Lipinski definition) is 4. The normalized spacial score (nSPS) is 21.1. The number of rotatable bonds is 4. The van der Waals surface area contributed by atoms with Crippen molar-refractivity contribution < 1.29 is 19.8 Å². The van der Waals surface area contributed by atoms with Crippen LogP contribution < -0.4 is 10.6 Å². The van der Waals surface area contributed by atoms with Crippen molar-refractivity contribution in [2.75, 3.05) is 65.4 Å². The minimum Gasteiger partial charge on any atom is -0.480 e. The molecule has 0 radical (unpaired) electrons. The number of aliphatic carboxylic acids is 2. The highest BCUT2D eigenvalue weighted by Crippen LogP contribution is 1.96. The lowest BCUT2D eigenvalue weighted by Crippen LogP contribution is -2.42. The molecule has 0 bridgehead atoms. The molecule has 0 aromatic rings. The maximum Gasteiger partial charge on any atom is 0.317 e. The van der Waals surface area contributed by atoms with Gasteiger partial charge in [-0.05, 0) is 25.9 Å². The lowest BCUT2D eigenvalue weighted by Gasteiger charge is -2.23. The van der Waals surface area contributed by atoms with E-state index in [1.165, 1.54) is 0 Å². The van der Waals surface area contributed by atoms with E-state index in [4.69, 9.17) is 10.2 Å². The van der Waals surface area contributed by atoms with Crippen molar-refractivity contribution in [1.82, 2.24) is 20.4 Å². The van der Waals surface area contributed by atoms with Gasteiger partial charge in [-0.3, -0.25) is 19.4 Å². The molecule has 0 atom stereocenters. The van der Waals surface area contributed by atoms with E-state index in [0.29, 0.717) is 26.2 Å². The zero-order chi connectivity index (χ0) is 16.2. The molecule has 8 heteroatoms. The van der Waals surface area contributed by atoms with E-state index >= 15 is 0 Å². The van der Waals surface area contributed by atoms with Crippen molar-refractivity contribution in [1.29, 1.82) is 0 Å². The molecule has 1 heterocycles. The fourth-order valence-corrected chi connectivity index (χ4v) is 2.47. The third-order valence-electron chi connectivity index (χ3n) is 3.61. The fraction of sp³-hybridized carbons (Fsp3) is 0.857. The van der Waals surface area contributed by atoms with Crippen LogP contribution in [-0.4, -0.2) is 97.4 Å². The average molecular weight is 316 g/mol. The van der Waals surface area contributed by atoms with Gasteiger partial charge in [-0.2, -0.15) is 0 Å². The molecule has 1 fully saturated rings. The number of nitrogens with one attached hydrogen (secondary N) is 2. The third-order valence-corrected chi connectivity index (χ3v) is 3.61. The van der Waals surface area contributed by atoms with Gasteiger partial charge in [-0.15, -0.1) is 0 Å². The number of nitrogens with zero attached hydrogens (tertiary/aromatic N) is 2. The Morgan fingerprint density at radius 2 is 1.18 bits per heavy atom. The summed E-state index contributed by atoms with van der Waals surface area (Å²) >= 11 is 0. The summed E-state index contributed by atoms with van der Waals surface area (Å²) in [6, 6.07) is 0. The van der Waals surface area contributed by atoms with Crippen molar-refractivity contribution in [2.24, 2.45) is 0 Å². The molecular formula is C14H28N4O4. The van der Waals surface area contributed by atoms with Crippen molar-refractivity contribution in [2.45, 2.75) is 12.8 Å². The second-order valence-corrected chi connectivity index (χ2v) is 5.55. The van der Waals surface area contributed by atoms with Crippen molar-refractivity contribution in [3.8, 4) is 0 Å². The van der Waals surface area contributed by atoms with Crippen LogP contribution in [0.2, 0.25) is 0 Å². The lowest BCUT2D eigenvalue weighted by atomic mass is 10.2. The van der Waals surface area contributed by atoms with Crippen molar-refractivity contribution in [3.05, 3.63) is 0 Å². The first-order valence-electron chi connectivity index (χ1n) is 7.87. The largest absolute Gasteiger partial charge is 0.480 e. The Morgan fingerprint density at radius 1 is 0.727 bits per heavy atom. The molecule has 0 amide bonds. The highest BCUT2D eigenvalue weighted by molar-refractivity contribution is 5.69. The Kier molecular flexibility index (Phi) is 9.72. The summed E-state index contributed by atoms with van der Waals surface area (Å²) in [4.78, 5) is 25.5. The molecule has 8 nitrogen and oxygen atoms in total. The van der Waals surface area contributed by atoms with Crippen LogP contribution in [0.5, 0.6) is 0 Å². The van der Waals surface area contributed by atoms with Gasteiger partial charge in [0, 0.05) is 39.3 Å². The zero-order valence-corrected chi connectivity index (χ0v) is 13.1. The highest BCUT2D eigenvalue weighted by Gasteiger charge is 2.11. The minimum atomic E-state index is -0.811. The Labute approximate surface area is 131 Å². The summed E-state index contributed by atoms with van der Waals surface area (Å²) < 4.78 is 0. The molecular weight excluding hydrogens is 288 g/mol. The summed E-state index contributed by atoms with van der Waals surface area (Å²) in [5, 5.41) is 24.4. The standard InChI is InChI=1S/C14H28N4O4/c19-13(20)11-17-7-2-1-3-15-4-9-18(12-14(21)22)10-6-16-5-8-17/h15-16H,1-12H2,(H,19,20)(H,21,22). The summed E-state index contributed by atoms with van der Waals surface area (Å²) in [5.41, 5.74) is 0. The van der Waals surface area contributed by atoms with Crippen LogP contribution >= 0.6 is 0 Å². The Hall–Kier alpha value is -1.22. The maximum atomic E-state index is 10.9. The first kappa shape index (κ1) is 18.8. The van der Waals surface area contributed by atoms with Crippen molar-refractivity contribution >= 4 is 11.9 Å². The van der Waals surface area contributed by atoms with Gasteiger partial charge in [0.05, 0.1) is 13.1 Å². The van der Waals surface area contributed by atoms with Gasteiger partial charge < -0.3 is 20.8 Å². The Bertz CT molecular complexity index is 311. The molecule has 22 heavy (non-hydrogen) atoms. The number of carboxylic acids is 2. The van der Waals surface area contributed by atoms with E-state index in [9.17, 15) is 9.59 Å². The number of hydrogen-bond acceptors (Lipinski definition) is 6. The number of carboxylic acid groups (broad SMARTS) is 2. The maximum absolute atomic E-state index is 10.9.